The van der Waals surface area contributed by atoms with Gasteiger partial charge in [0, 0.05) is 6.54 Å². The Kier molecular flexibility index (Phi) is 5.67. The molecular weight excluding hydrogens is 230 g/mol. The van der Waals surface area contributed by atoms with Crippen LogP contribution in [0.1, 0.15) is 33.1 Å². The third-order valence-electron chi connectivity index (χ3n) is 2.39. The molecule has 0 aromatic rings. The Labute approximate surface area is 96.7 Å². The van der Waals surface area contributed by atoms with E-state index in [1.165, 1.54) is 19.9 Å². The molecule has 0 saturated carbocycles. The summed E-state index contributed by atoms with van der Waals surface area (Å²) in [5, 5.41) is 2.59. The average molecular weight is 249 g/mol. The number of amides is 1. The molecule has 0 rings (SSSR count). The van der Waals surface area contributed by atoms with E-state index in [1.54, 1.807) is 0 Å². The van der Waals surface area contributed by atoms with Gasteiger partial charge in [-0.25, -0.2) is 0 Å². The maximum atomic E-state index is 10.9. The first-order chi connectivity index (χ1) is 7.20. The molecule has 94 valence electrons. The Morgan fingerprint density at radius 1 is 1.44 bits per heavy atom. The second-order valence-corrected chi connectivity index (χ2v) is 6.24. The van der Waals surface area contributed by atoms with Crippen LogP contribution in [0.25, 0.3) is 0 Å². The van der Waals surface area contributed by atoms with Crippen LogP contribution in [0.5, 0.6) is 0 Å². The van der Waals surface area contributed by atoms with Gasteiger partial charge in [0.1, 0.15) is 0 Å². The molecule has 0 heterocycles. The molecule has 1 amide bonds. The van der Waals surface area contributed by atoms with E-state index in [9.17, 15) is 13.2 Å². The van der Waals surface area contributed by atoms with Gasteiger partial charge in [-0.1, -0.05) is 13.0 Å². The number of rotatable bonds is 7. The summed E-state index contributed by atoms with van der Waals surface area (Å²) in [6.07, 6.45) is 2.82. The first kappa shape index (κ1) is 15.1. The van der Waals surface area contributed by atoms with E-state index in [4.69, 9.17) is 4.55 Å². The Balaban J connectivity index is 3.83. The summed E-state index contributed by atoms with van der Waals surface area (Å²) >= 11 is 0. The normalized spacial score (nSPS) is 12.2. The summed E-state index contributed by atoms with van der Waals surface area (Å²) in [5.41, 5.74) is 0. The molecule has 0 fully saturated rings. The van der Waals surface area contributed by atoms with Gasteiger partial charge in [-0.05, 0) is 32.8 Å². The molecular formula is C10H19NO4S. The topological polar surface area (TPSA) is 83.5 Å². The number of carbonyl (C=O) groups is 1. The summed E-state index contributed by atoms with van der Waals surface area (Å²) in [4.78, 5) is 10.8. The van der Waals surface area contributed by atoms with Crippen LogP contribution in [0.2, 0.25) is 0 Å². The van der Waals surface area contributed by atoms with Crippen LogP contribution in [0.3, 0.4) is 0 Å². The van der Waals surface area contributed by atoms with E-state index in [0.717, 1.165) is 0 Å². The fourth-order valence-electron chi connectivity index (χ4n) is 1.09. The van der Waals surface area contributed by atoms with Crippen molar-refractivity contribution in [2.75, 3.05) is 6.54 Å². The molecule has 5 nitrogen and oxygen atoms in total. The zero-order valence-electron chi connectivity index (χ0n) is 9.69. The van der Waals surface area contributed by atoms with Crippen LogP contribution < -0.4 is 5.32 Å². The van der Waals surface area contributed by atoms with Gasteiger partial charge in [-0.3, -0.25) is 9.35 Å². The van der Waals surface area contributed by atoms with Crippen LogP contribution >= 0.6 is 0 Å². The molecule has 0 aromatic carbocycles. The van der Waals surface area contributed by atoms with Gasteiger partial charge >= 0.3 is 0 Å². The summed E-state index contributed by atoms with van der Waals surface area (Å²) in [5.74, 6) is -0.242. The van der Waals surface area contributed by atoms with Crippen LogP contribution in [-0.2, 0) is 14.9 Å². The Bertz CT molecular complexity index is 346. The lowest BCUT2D eigenvalue weighted by molar-refractivity contribution is -0.116. The van der Waals surface area contributed by atoms with E-state index in [0.29, 0.717) is 25.8 Å². The van der Waals surface area contributed by atoms with Crippen LogP contribution in [-0.4, -0.2) is 30.2 Å². The van der Waals surface area contributed by atoms with Crippen molar-refractivity contribution in [1.29, 1.82) is 0 Å². The first-order valence-electron chi connectivity index (χ1n) is 5.08. The van der Waals surface area contributed by atoms with Crippen LogP contribution in [0.15, 0.2) is 12.7 Å². The molecule has 0 radical (unpaired) electrons. The number of hydrogen-bond acceptors (Lipinski definition) is 3. The minimum Gasteiger partial charge on any atom is -0.353 e. The van der Waals surface area contributed by atoms with E-state index in [1.807, 2.05) is 0 Å². The molecule has 0 unspecified atom stereocenters. The Morgan fingerprint density at radius 2 is 2.00 bits per heavy atom. The van der Waals surface area contributed by atoms with E-state index >= 15 is 0 Å². The van der Waals surface area contributed by atoms with Gasteiger partial charge in [0.15, 0.2) is 0 Å². The molecule has 6 heteroatoms. The molecule has 0 aliphatic carbocycles. The van der Waals surface area contributed by atoms with E-state index in [-0.39, 0.29) is 5.91 Å². The predicted molar refractivity (Wildman–Crippen MR) is 62.7 cm³/mol. The maximum absolute atomic E-state index is 10.9. The highest BCUT2D eigenvalue weighted by Gasteiger charge is 2.31. The standard InChI is InChI=1S/C10H19NO4S/c1-4-9(12)11-8-6-5-7-10(2,3)16(13,14)15/h4H,1,5-8H2,2-3H3,(H,11,12)(H,13,14,15). The SMILES string of the molecule is C=CC(=O)NCCCCC(C)(C)S(=O)(=O)O. The first-order valence-corrected chi connectivity index (χ1v) is 6.52. The van der Waals surface area contributed by atoms with Crippen molar-refractivity contribution in [2.45, 2.75) is 37.9 Å². The second-order valence-electron chi connectivity index (χ2n) is 4.19. The molecule has 0 bridgehead atoms. The van der Waals surface area contributed by atoms with Crippen molar-refractivity contribution in [2.24, 2.45) is 0 Å². The molecule has 0 aliphatic rings. The zero-order valence-corrected chi connectivity index (χ0v) is 10.5. The zero-order chi connectivity index (χ0) is 12.8. The Hall–Kier alpha value is -0.880. The predicted octanol–water partition coefficient (Wildman–Crippen LogP) is 1.13. The molecule has 0 aliphatic heterocycles. The van der Waals surface area contributed by atoms with Crippen molar-refractivity contribution in [3.05, 3.63) is 12.7 Å². The highest BCUT2D eigenvalue weighted by atomic mass is 32.2. The third-order valence-corrected chi connectivity index (χ3v) is 3.99. The van der Waals surface area contributed by atoms with Crippen LogP contribution in [0, 0.1) is 0 Å². The van der Waals surface area contributed by atoms with E-state index < -0.39 is 14.9 Å². The molecule has 0 atom stereocenters. The summed E-state index contributed by atoms with van der Waals surface area (Å²) in [6.45, 7) is 6.74. The van der Waals surface area contributed by atoms with Gasteiger partial charge in [-0.15, -0.1) is 0 Å². The van der Waals surface area contributed by atoms with Gasteiger partial charge in [-0.2, -0.15) is 8.42 Å². The van der Waals surface area contributed by atoms with Crippen molar-refractivity contribution >= 4 is 16.0 Å². The highest BCUT2D eigenvalue weighted by molar-refractivity contribution is 7.87. The fraction of sp³-hybridized carbons (Fsp3) is 0.700. The minimum absolute atomic E-state index is 0.242. The molecule has 2 N–H and O–H groups in total. The minimum atomic E-state index is -4.01. The van der Waals surface area contributed by atoms with E-state index in [2.05, 4.69) is 11.9 Å². The van der Waals surface area contributed by atoms with Crippen molar-refractivity contribution in [1.82, 2.24) is 5.32 Å². The maximum Gasteiger partial charge on any atom is 0.270 e. The van der Waals surface area contributed by atoms with Gasteiger partial charge in [0.25, 0.3) is 10.1 Å². The summed E-state index contributed by atoms with van der Waals surface area (Å²) in [7, 11) is -4.01. The number of nitrogens with one attached hydrogen (secondary N) is 1. The largest absolute Gasteiger partial charge is 0.353 e. The molecule has 0 aromatic heterocycles. The fourth-order valence-corrected chi connectivity index (χ4v) is 1.49. The number of unbranched alkanes of at least 4 members (excludes halogenated alkanes) is 1. The Morgan fingerprint density at radius 3 is 2.44 bits per heavy atom. The lowest BCUT2D eigenvalue weighted by Gasteiger charge is -2.20. The third kappa shape index (κ3) is 5.27. The van der Waals surface area contributed by atoms with Crippen molar-refractivity contribution < 1.29 is 17.8 Å². The van der Waals surface area contributed by atoms with Crippen molar-refractivity contribution in [3.8, 4) is 0 Å². The highest BCUT2D eigenvalue weighted by Crippen LogP contribution is 2.21. The van der Waals surface area contributed by atoms with Crippen LogP contribution in [0.4, 0.5) is 0 Å². The summed E-state index contributed by atoms with van der Waals surface area (Å²) < 4.78 is 29.7. The van der Waals surface area contributed by atoms with Gasteiger partial charge in [0.2, 0.25) is 5.91 Å². The quantitative estimate of drug-likeness (QED) is 0.402. The smallest absolute Gasteiger partial charge is 0.270 e. The molecule has 0 spiro atoms. The average Bonchev–Trinajstić information content (AvgIpc) is 2.15. The molecule has 16 heavy (non-hydrogen) atoms. The van der Waals surface area contributed by atoms with Gasteiger partial charge in [0.05, 0.1) is 4.75 Å². The summed E-state index contributed by atoms with van der Waals surface area (Å²) in [6, 6.07) is 0. The number of carbonyl (C=O) groups excluding carboxylic acids is 1. The second kappa shape index (κ2) is 6.00. The monoisotopic (exact) mass is 249 g/mol. The van der Waals surface area contributed by atoms with Crippen molar-refractivity contribution in [3.63, 3.8) is 0 Å². The number of hydrogen-bond donors (Lipinski definition) is 2. The lowest BCUT2D eigenvalue weighted by Crippen LogP contribution is -2.31. The lowest BCUT2D eigenvalue weighted by atomic mass is 10.1. The molecule has 0 saturated heterocycles. The van der Waals surface area contributed by atoms with Gasteiger partial charge < -0.3 is 5.32 Å².